The van der Waals surface area contributed by atoms with Crippen LogP contribution in [0.2, 0.25) is 0 Å². The van der Waals surface area contributed by atoms with Gasteiger partial charge < -0.3 is 0 Å². The monoisotopic (exact) mass is 90.1 g/mol. The Hall–Kier alpha value is -0.363. The molecule has 0 unspecified atom stereocenters. The second-order valence-electron chi connectivity index (χ2n) is 0. The van der Waals surface area contributed by atoms with Crippen LogP contribution in [0.4, 0.5) is 0 Å². The predicted molar refractivity (Wildman–Crippen MR) is 26.1 cm³/mol. The van der Waals surface area contributed by atoms with Gasteiger partial charge in [0, 0.05) is 10.8 Å². The molecule has 0 saturated heterocycles. The van der Waals surface area contributed by atoms with E-state index in [9.17, 15) is 0 Å². The lowest BCUT2D eigenvalue weighted by Crippen LogP contribution is -0.856. The summed E-state index contributed by atoms with van der Waals surface area (Å²) in [5, 5.41) is 12.0. The topological polar surface area (TPSA) is 47.6 Å². The van der Waals surface area contributed by atoms with E-state index in [0.29, 0.717) is 0 Å². The van der Waals surface area contributed by atoms with Gasteiger partial charge in [0.25, 0.3) is 0 Å². The number of nitrogens with zero attached hydrogens (tertiary/aromatic N) is 2. The van der Waals surface area contributed by atoms with E-state index >= 15 is 0 Å². The van der Waals surface area contributed by atoms with Gasteiger partial charge in [-0.05, 0) is 11.0 Å². The Morgan fingerprint density at radius 2 is 1.00 bits per heavy atom. The Morgan fingerprint density at radius 3 is 1.00 bits per heavy atom. The molecule has 0 aromatic carbocycles. The highest BCUT2D eigenvalue weighted by Gasteiger charge is 0.932. The first kappa shape index (κ1) is 22.9. The molecule has 0 N–H and O–H groups in total. The second kappa shape index (κ2) is 192. The van der Waals surface area contributed by atoms with Gasteiger partial charge in [-0.1, -0.05) is 13.8 Å². The SMILES string of the molecule is CC.N#N.[SiH4]. The molecule has 0 aromatic rings. The van der Waals surface area contributed by atoms with E-state index in [1.165, 1.54) is 0 Å². The molecule has 0 rings (SSSR count). The molecule has 0 bridgehead atoms. The van der Waals surface area contributed by atoms with Crippen LogP contribution >= 0.6 is 0 Å². The van der Waals surface area contributed by atoms with E-state index in [1.54, 1.807) is 0 Å². The van der Waals surface area contributed by atoms with Crippen molar-refractivity contribution in [1.29, 1.82) is 10.8 Å². The maximum absolute atomic E-state index is 6.00. The molecular formula is C2H10N2Si. The standard InChI is InChI=1S/C2H6.N2.H4Si/c2*1-2;/h1-2H3;;1H4. The van der Waals surface area contributed by atoms with Gasteiger partial charge in [-0.3, -0.25) is 0 Å². The van der Waals surface area contributed by atoms with Crippen LogP contribution in [0.1, 0.15) is 13.8 Å². The lowest BCUT2D eigenvalue weighted by molar-refractivity contribution is 1.15. The summed E-state index contributed by atoms with van der Waals surface area (Å²) in [7, 11) is 0. The first-order chi connectivity index (χ1) is 2.00. The molecule has 0 fully saturated rings. The fourth-order valence-electron chi connectivity index (χ4n) is 0. The van der Waals surface area contributed by atoms with Crippen LogP contribution in [-0.2, 0) is 0 Å². The molecule has 0 amide bonds. The highest BCUT2D eigenvalue weighted by molar-refractivity contribution is 5.75. The largest absolute Gasteiger partial charge is 0.0683 e. The molecule has 0 atom stereocenters. The summed E-state index contributed by atoms with van der Waals surface area (Å²) in [4.78, 5) is 0. The van der Waals surface area contributed by atoms with Crippen LogP contribution in [-0.4, -0.2) is 11.0 Å². The van der Waals surface area contributed by atoms with Gasteiger partial charge in [-0.2, -0.15) is 0 Å². The summed E-state index contributed by atoms with van der Waals surface area (Å²) < 4.78 is 0. The zero-order valence-electron chi connectivity index (χ0n) is 2.89. The Morgan fingerprint density at radius 1 is 1.00 bits per heavy atom. The summed E-state index contributed by atoms with van der Waals surface area (Å²) in [5.74, 6) is 0. The van der Waals surface area contributed by atoms with E-state index in [0.717, 1.165) is 0 Å². The fourth-order valence-corrected chi connectivity index (χ4v) is 0. The van der Waals surface area contributed by atoms with Gasteiger partial charge in [0.15, 0.2) is 0 Å². The summed E-state index contributed by atoms with van der Waals surface area (Å²) in [6.45, 7) is 4.00. The molecule has 0 radical (unpaired) electrons. The summed E-state index contributed by atoms with van der Waals surface area (Å²) >= 11 is 0. The number of hydrogen-bond donors (Lipinski definition) is 0. The highest BCUT2D eigenvalue weighted by Crippen LogP contribution is 1.14. The molecule has 0 aliphatic heterocycles. The predicted octanol–water partition coefficient (Wildman–Crippen LogP) is -0.395. The highest BCUT2D eigenvalue weighted by atomic mass is 28.1. The molecule has 3 heteroatoms. The molecule has 0 aromatic heterocycles. The normalized spacial score (nSPS) is 1.60. The Labute approximate surface area is 36.6 Å². The van der Waals surface area contributed by atoms with Gasteiger partial charge in [-0.25, -0.2) is 0 Å². The lowest BCUT2D eigenvalue weighted by Gasteiger charge is -1.07. The van der Waals surface area contributed by atoms with E-state index in [2.05, 4.69) is 0 Å². The molecule has 0 aliphatic carbocycles. The van der Waals surface area contributed by atoms with Crippen LogP contribution < -0.4 is 0 Å². The smallest absolute Gasteiger partial charge is 0 e. The van der Waals surface area contributed by atoms with E-state index < -0.39 is 0 Å². The lowest BCUT2D eigenvalue weighted by atomic mass is 11.0. The van der Waals surface area contributed by atoms with Crippen LogP contribution in [0, 0.1) is 10.8 Å². The molecular weight excluding hydrogens is 80.1 g/mol. The van der Waals surface area contributed by atoms with Crippen molar-refractivity contribution in [2.45, 2.75) is 13.8 Å². The van der Waals surface area contributed by atoms with Gasteiger partial charge in [-0.15, -0.1) is 0 Å². The zero-order valence-corrected chi connectivity index (χ0v) is 2.89. The van der Waals surface area contributed by atoms with Crippen molar-refractivity contribution >= 4 is 11.0 Å². The summed E-state index contributed by atoms with van der Waals surface area (Å²) in [5.41, 5.74) is 0. The summed E-state index contributed by atoms with van der Waals surface area (Å²) in [6, 6.07) is 0. The van der Waals surface area contributed by atoms with Crippen molar-refractivity contribution in [2.24, 2.45) is 0 Å². The van der Waals surface area contributed by atoms with Gasteiger partial charge in [0.2, 0.25) is 0 Å². The molecule has 2 nitrogen and oxygen atoms in total. The van der Waals surface area contributed by atoms with Crippen molar-refractivity contribution in [1.82, 2.24) is 0 Å². The van der Waals surface area contributed by atoms with Crippen LogP contribution in [0.25, 0.3) is 0 Å². The van der Waals surface area contributed by atoms with Crippen molar-refractivity contribution < 1.29 is 0 Å². The first-order valence-electron chi connectivity index (χ1n) is 1.20. The van der Waals surface area contributed by atoms with E-state index in [4.69, 9.17) is 10.8 Å². The third kappa shape index (κ3) is 73.9. The first-order valence-corrected chi connectivity index (χ1v) is 1.20. The van der Waals surface area contributed by atoms with Gasteiger partial charge >= 0.3 is 0 Å². The maximum atomic E-state index is 6.00. The van der Waals surface area contributed by atoms with Gasteiger partial charge in [0.1, 0.15) is 0 Å². The van der Waals surface area contributed by atoms with Crippen LogP contribution in [0.3, 0.4) is 0 Å². The molecule has 5 heavy (non-hydrogen) atoms. The zero-order chi connectivity index (χ0) is 4.00. The minimum Gasteiger partial charge on any atom is -0.0683 e. The second-order valence-corrected chi connectivity index (χ2v) is 0. The number of rotatable bonds is 0. The van der Waals surface area contributed by atoms with Crippen molar-refractivity contribution in [3.8, 4) is 0 Å². The van der Waals surface area contributed by atoms with Crippen molar-refractivity contribution in [3.63, 3.8) is 0 Å². The fraction of sp³-hybridized carbons (Fsp3) is 1.00. The van der Waals surface area contributed by atoms with E-state index in [1.807, 2.05) is 13.8 Å². The molecule has 0 heterocycles. The Kier molecular flexibility index (Phi) is 878. The quantitative estimate of drug-likeness (QED) is 0.300. The molecule has 0 spiro atoms. The van der Waals surface area contributed by atoms with Crippen LogP contribution in [0.15, 0.2) is 0 Å². The maximum Gasteiger partial charge on any atom is 0 e. The molecule has 32 valence electrons. The average molecular weight is 90.2 g/mol. The third-order valence-electron chi connectivity index (χ3n) is 0. The van der Waals surface area contributed by atoms with Crippen molar-refractivity contribution in [2.75, 3.05) is 0 Å². The van der Waals surface area contributed by atoms with Gasteiger partial charge in [0.05, 0.1) is 0 Å². The summed E-state index contributed by atoms with van der Waals surface area (Å²) in [6.07, 6.45) is 0. The van der Waals surface area contributed by atoms with Crippen molar-refractivity contribution in [3.05, 3.63) is 0 Å². The Balaban J connectivity index is -0.0000000133. The van der Waals surface area contributed by atoms with E-state index in [-0.39, 0.29) is 11.0 Å². The number of hydrogen-bond acceptors (Lipinski definition) is 2. The minimum absolute atomic E-state index is 0. The average Bonchev–Trinajstić information content (AvgIpc) is 1.50. The minimum atomic E-state index is 0. The molecule has 0 saturated carbocycles. The third-order valence-corrected chi connectivity index (χ3v) is 0. The molecule has 0 aliphatic rings. The van der Waals surface area contributed by atoms with Crippen LogP contribution in [0.5, 0.6) is 0 Å². The Bertz CT molecular complexity index is 12.4.